The van der Waals surface area contributed by atoms with Crippen LogP contribution in [0.25, 0.3) is 0 Å². The minimum absolute atomic E-state index is 0.138. The molecule has 0 saturated heterocycles. The van der Waals surface area contributed by atoms with Crippen LogP contribution in [-0.4, -0.2) is 17.2 Å². The molecule has 0 radical (unpaired) electrons. The Morgan fingerprint density at radius 2 is 1.82 bits per heavy atom. The highest BCUT2D eigenvalue weighted by atomic mass is 127. The van der Waals surface area contributed by atoms with Crippen LogP contribution in [0.3, 0.4) is 0 Å². The molecule has 0 aromatic heterocycles. The van der Waals surface area contributed by atoms with Crippen molar-refractivity contribution in [3.8, 4) is 0 Å². The molecule has 1 aromatic carbocycles. The van der Waals surface area contributed by atoms with Gasteiger partial charge in [0, 0.05) is 9.99 Å². The Labute approximate surface area is 110 Å². The minimum atomic E-state index is -4.42. The Bertz CT molecular complexity index is 380. The highest BCUT2D eigenvalue weighted by Crippen LogP contribution is 2.31. The van der Waals surface area contributed by atoms with Crippen molar-refractivity contribution in [2.24, 2.45) is 0 Å². The molecule has 1 unspecified atom stereocenters. The first-order valence-corrected chi connectivity index (χ1v) is 6.33. The molecule has 0 aliphatic heterocycles. The molecule has 0 aliphatic carbocycles. The lowest BCUT2D eigenvalue weighted by Gasteiger charge is -2.29. The van der Waals surface area contributed by atoms with Crippen LogP contribution >= 0.6 is 22.6 Å². The summed E-state index contributed by atoms with van der Waals surface area (Å²) in [6, 6.07) is 5.69. The Balaban J connectivity index is 2.93. The van der Waals surface area contributed by atoms with E-state index in [0.29, 0.717) is 0 Å². The average Bonchev–Trinajstić information content (AvgIpc) is 2.26. The highest BCUT2D eigenvalue weighted by Gasteiger charge is 2.36. The zero-order valence-corrected chi connectivity index (χ0v) is 11.2. The lowest BCUT2D eigenvalue weighted by Crippen LogP contribution is -2.33. The Kier molecular flexibility index (Phi) is 4.77. The third-order valence-corrected chi connectivity index (χ3v) is 3.71. The predicted molar refractivity (Wildman–Crippen MR) is 64.6 cm³/mol. The first-order chi connectivity index (χ1) is 7.78. The van der Waals surface area contributed by atoms with E-state index in [0.717, 1.165) is 0 Å². The summed E-state index contributed by atoms with van der Waals surface area (Å²) in [5.41, 5.74) is -1.14. The second-order valence-electron chi connectivity index (χ2n) is 3.75. The van der Waals surface area contributed by atoms with Gasteiger partial charge in [-0.25, -0.2) is 4.39 Å². The first-order valence-electron chi connectivity index (χ1n) is 4.80. The van der Waals surface area contributed by atoms with Gasteiger partial charge in [-0.15, -0.1) is 0 Å². The van der Waals surface area contributed by atoms with E-state index < -0.39 is 24.2 Å². The molecular weight excluding hydrogens is 351 g/mol. The van der Waals surface area contributed by atoms with Gasteiger partial charge in [0.15, 0.2) is 0 Å². The molecule has 1 nitrogen and oxygen atoms in total. The maximum Gasteiger partial charge on any atom is 0.411 e. The van der Waals surface area contributed by atoms with Gasteiger partial charge in [0.2, 0.25) is 0 Å². The van der Waals surface area contributed by atoms with Crippen LogP contribution in [0.5, 0.6) is 0 Å². The second-order valence-corrected chi connectivity index (χ2v) is 4.51. The molecule has 96 valence electrons. The van der Waals surface area contributed by atoms with E-state index in [1.54, 1.807) is 6.07 Å². The number of halogens is 5. The fourth-order valence-corrected chi connectivity index (χ4v) is 1.95. The SMILES string of the molecule is CC(CI)(OCC(F)(F)F)c1ccccc1F. The van der Waals surface area contributed by atoms with E-state index >= 15 is 0 Å². The third-order valence-electron chi connectivity index (χ3n) is 2.25. The van der Waals surface area contributed by atoms with Gasteiger partial charge < -0.3 is 4.74 Å². The number of ether oxygens (including phenoxy) is 1. The number of rotatable bonds is 4. The summed E-state index contributed by atoms with van der Waals surface area (Å²) < 4.78 is 54.9. The standard InChI is InChI=1S/C11H11F4IO/c1-10(6-16,17-7-11(13,14)15)8-4-2-3-5-9(8)12/h2-5H,6-7H2,1H3. The molecule has 6 heteroatoms. The summed E-state index contributed by atoms with van der Waals surface area (Å²) in [7, 11) is 0. The lowest BCUT2D eigenvalue weighted by molar-refractivity contribution is -0.200. The minimum Gasteiger partial charge on any atom is -0.360 e. The fraction of sp³-hybridized carbons (Fsp3) is 0.455. The van der Waals surface area contributed by atoms with Gasteiger partial charge in [-0.3, -0.25) is 0 Å². The smallest absolute Gasteiger partial charge is 0.360 e. The van der Waals surface area contributed by atoms with Crippen molar-refractivity contribution >= 4 is 22.6 Å². The van der Waals surface area contributed by atoms with Gasteiger partial charge >= 0.3 is 6.18 Å². The largest absolute Gasteiger partial charge is 0.411 e. The van der Waals surface area contributed by atoms with Crippen LogP contribution in [0.4, 0.5) is 17.6 Å². The number of hydrogen-bond acceptors (Lipinski definition) is 1. The van der Waals surface area contributed by atoms with Crippen molar-refractivity contribution in [2.75, 3.05) is 11.0 Å². The van der Waals surface area contributed by atoms with Crippen LogP contribution in [0, 0.1) is 5.82 Å². The van der Waals surface area contributed by atoms with Gasteiger partial charge in [-0.2, -0.15) is 13.2 Å². The first kappa shape index (κ1) is 14.7. The zero-order valence-electron chi connectivity index (χ0n) is 9.02. The van der Waals surface area contributed by atoms with Crippen molar-refractivity contribution in [2.45, 2.75) is 18.7 Å². The van der Waals surface area contributed by atoms with E-state index in [1.807, 2.05) is 22.6 Å². The number of alkyl halides is 4. The molecule has 17 heavy (non-hydrogen) atoms. The second kappa shape index (κ2) is 5.51. The summed E-state index contributed by atoms with van der Waals surface area (Å²) in [6.07, 6.45) is -4.42. The predicted octanol–water partition coefficient (Wildman–Crippen LogP) is 4.05. The molecule has 0 fully saturated rings. The van der Waals surface area contributed by atoms with Crippen LogP contribution in [-0.2, 0) is 10.3 Å². The van der Waals surface area contributed by atoms with E-state index in [1.165, 1.54) is 25.1 Å². The van der Waals surface area contributed by atoms with Crippen molar-refractivity contribution in [1.82, 2.24) is 0 Å². The molecule has 0 amide bonds. The Hall–Kier alpha value is -0.370. The molecule has 1 aromatic rings. The summed E-state index contributed by atoms with van der Waals surface area (Å²) in [4.78, 5) is 0. The molecule has 0 spiro atoms. The van der Waals surface area contributed by atoms with Gasteiger partial charge in [0.25, 0.3) is 0 Å². The third kappa shape index (κ3) is 4.09. The Morgan fingerprint density at radius 3 is 2.29 bits per heavy atom. The average molecular weight is 362 g/mol. The molecule has 1 atom stereocenters. The van der Waals surface area contributed by atoms with Crippen LogP contribution in [0.15, 0.2) is 24.3 Å². The van der Waals surface area contributed by atoms with Crippen molar-refractivity contribution in [3.63, 3.8) is 0 Å². The van der Waals surface area contributed by atoms with Crippen molar-refractivity contribution < 1.29 is 22.3 Å². The number of benzene rings is 1. The van der Waals surface area contributed by atoms with Gasteiger partial charge in [-0.1, -0.05) is 40.8 Å². The van der Waals surface area contributed by atoms with E-state index in [9.17, 15) is 17.6 Å². The number of hydrogen-bond donors (Lipinski definition) is 0. The monoisotopic (exact) mass is 362 g/mol. The quantitative estimate of drug-likeness (QED) is 0.446. The van der Waals surface area contributed by atoms with E-state index in [4.69, 9.17) is 4.74 Å². The van der Waals surface area contributed by atoms with Crippen LogP contribution in [0.2, 0.25) is 0 Å². The summed E-state index contributed by atoms with van der Waals surface area (Å²) in [5, 5.41) is 0. The van der Waals surface area contributed by atoms with Crippen molar-refractivity contribution in [1.29, 1.82) is 0 Å². The topological polar surface area (TPSA) is 9.23 Å². The highest BCUT2D eigenvalue weighted by molar-refractivity contribution is 14.1. The molecule has 0 N–H and O–H groups in total. The Morgan fingerprint density at radius 1 is 1.24 bits per heavy atom. The summed E-state index contributed by atoms with van der Waals surface area (Å²) in [5.74, 6) is -0.561. The van der Waals surface area contributed by atoms with E-state index in [-0.39, 0.29) is 9.99 Å². The summed E-state index contributed by atoms with van der Waals surface area (Å²) in [6.45, 7) is 0.0599. The maximum absolute atomic E-state index is 13.5. The normalized spacial score (nSPS) is 15.6. The van der Waals surface area contributed by atoms with Crippen molar-refractivity contribution in [3.05, 3.63) is 35.6 Å². The van der Waals surface area contributed by atoms with Crippen LogP contribution in [0.1, 0.15) is 12.5 Å². The maximum atomic E-state index is 13.5. The fourth-order valence-electron chi connectivity index (χ4n) is 1.32. The molecule has 0 heterocycles. The van der Waals surface area contributed by atoms with Gasteiger partial charge in [-0.05, 0) is 13.0 Å². The molecule has 0 bridgehead atoms. The molecule has 1 rings (SSSR count). The van der Waals surface area contributed by atoms with Gasteiger partial charge in [0.1, 0.15) is 18.0 Å². The van der Waals surface area contributed by atoms with E-state index in [2.05, 4.69) is 0 Å². The van der Waals surface area contributed by atoms with Crippen LogP contribution < -0.4 is 0 Å². The van der Waals surface area contributed by atoms with Gasteiger partial charge in [0.05, 0.1) is 0 Å². The molecular formula is C11H11F4IO. The summed E-state index contributed by atoms with van der Waals surface area (Å²) >= 11 is 1.88. The zero-order chi connectivity index (χ0) is 13.1. The lowest BCUT2D eigenvalue weighted by atomic mass is 9.97. The molecule has 0 saturated carbocycles. The molecule has 0 aliphatic rings.